The van der Waals surface area contributed by atoms with Crippen molar-refractivity contribution in [3.05, 3.63) is 94.5 Å². The number of rotatable bonds is 7. The number of aryl methyl sites for hydroxylation is 1. The number of aromatic hydroxyl groups is 1. The summed E-state index contributed by atoms with van der Waals surface area (Å²) in [6, 6.07) is 11.2. The van der Waals surface area contributed by atoms with Crippen molar-refractivity contribution in [1.29, 1.82) is 0 Å². The van der Waals surface area contributed by atoms with Crippen molar-refractivity contribution in [2.24, 2.45) is 10.9 Å². The number of benzene rings is 1. The molecule has 1 saturated heterocycles. The first-order valence-electron chi connectivity index (χ1n) is 13.6. The first-order chi connectivity index (χ1) is 19.7. The monoisotopic (exact) mass is 628 g/mol. The largest absolute Gasteiger partial charge is 0.508 e. The van der Waals surface area contributed by atoms with Gasteiger partial charge in [-0.25, -0.2) is 0 Å². The number of aliphatic imine (C=N–C) groups is 1. The van der Waals surface area contributed by atoms with Crippen LogP contribution in [-0.2, 0) is 16.1 Å². The SMILES string of the molecule is C=C/C(Br)=C(C)/N=C(\C=C(/C)NCc1cccnc1)C1CCN(C)CC1.C=O.C=O.CCC.Cc1cccc(O)c1. The minimum absolute atomic E-state index is 0.338. The van der Waals surface area contributed by atoms with E-state index in [-0.39, 0.29) is 0 Å². The molecule has 2 N–H and O–H groups in total. The second-order valence-corrected chi connectivity index (χ2v) is 10.2. The van der Waals surface area contributed by atoms with Gasteiger partial charge in [-0.05, 0) is 105 Å². The highest BCUT2D eigenvalue weighted by Crippen LogP contribution is 2.22. The van der Waals surface area contributed by atoms with Gasteiger partial charge < -0.3 is 24.9 Å². The Morgan fingerprint density at radius 2 is 1.76 bits per heavy atom. The molecule has 1 aromatic heterocycles. The molecular formula is C33H49BrN4O3. The van der Waals surface area contributed by atoms with Crippen LogP contribution in [0.3, 0.4) is 0 Å². The number of halogens is 1. The number of nitrogens with zero attached hydrogens (tertiary/aromatic N) is 3. The van der Waals surface area contributed by atoms with E-state index < -0.39 is 0 Å². The van der Waals surface area contributed by atoms with Crippen LogP contribution >= 0.6 is 15.9 Å². The Morgan fingerprint density at radius 3 is 2.22 bits per heavy atom. The summed E-state index contributed by atoms with van der Waals surface area (Å²) in [5.74, 6) is 0.825. The van der Waals surface area contributed by atoms with Crippen LogP contribution in [0.5, 0.6) is 5.75 Å². The average Bonchev–Trinajstić information content (AvgIpc) is 2.99. The third-order valence-electron chi connectivity index (χ3n) is 5.62. The van der Waals surface area contributed by atoms with Gasteiger partial charge in [-0.3, -0.25) is 9.98 Å². The molecule has 0 radical (unpaired) electrons. The van der Waals surface area contributed by atoms with Crippen molar-refractivity contribution in [3.63, 3.8) is 0 Å². The minimum Gasteiger partial charge on any atom is -0.508 e. The maximum Gasteiger partial charge on any atom is 0.115 e. The fourth-order valence-electron chi connectivity index (χ4n) is 3.59. The summed E-state index contributed by atoms with van der Waals surface area (Å²) in [4.78, 5) is 27.5. The number of phenols is 1. The normalized spacial score (nSPS) is 14.1. The number of nitrogens with one attached hydrogen (secondary N) is 1. The third-order valence-corrected chi connectivity index (χ3v) is 6.52. The van der Waals surface area contributed by atoms with E-state index in [1.54, 1.807) is 24.4 Å². The Balaban J connectivity index is 0. The van der Waals surface area contributed by atoms with Crippen LogP contribution < -0.4 is 5.32 Å². The lowest BCUT2D eigenvalue weighted by atomic mass is 9.91. The molecule has 7 nitrogen and oxygen atoms in total. The lowest BCUT2D eigenvalue weighted by Gasteiger charge is -2.29. The predicted molar refractivity (Wildman–Crippen MR) is 177 cm³/mol. The summed E-state index contributed by atoms with van der Waals surface area (Å²) >= 11 is 3.53. The summed E-state index contributed by atoms with van der Waals surface area (Å²) in [5, 5.41) is 12.3. The van der Waals surface area contributed by atoms with Gasteiger partial charge in [0, 0.05) is 40.7 Å². The van der Waals surface area contributed by atoms with Crippen LogP contribution in [0.25, 0.3) is 0 Å². The molecule has 0 aliphatic carbocycles. The molecule has 0 saturated carbocycles. The highest BCUT2D eigenvalue weighted by Gasteiger charge is 2.21. The number of piperidine rings is 1. The van der Waals surface area contributed by atoms with Crippen molar-refractivity contribution in [2.45, 2.75) is 60.4 Å². The highest BCUT2D eigenvalue weighted by molar-refractivity contribution is 9.11. The molecule has 1 aliphatic heterocycles. The number of carbonyl (C=O) groups is 2. The maximum absolute atomic E-state index is 8.81. The summed E-state index contributed by atoms with van der Waals surface area (Å²) in [6.07, 6.45) is 11.2. The molecule has 1 aromatic carbocycles. The van der Waals surface area contributed by atoms with E-state index in [4.69, 9.17) is 19.7 Å². The summed E-state index contributed by atoms with van der Waals surface area (Å²) in [6.45, 7) is 21.1. The van der Waals surface area contributed by atoms with Gasteiger partial charge in [-0.1, -0.05) is 51.1 Å². The van der Waals surface area contributed by atoms with E-state index in [9.17, 15) is 0 Å². The minimum atomic E-state index is 0.338. The lowest BCUT2D eigenvalue weighted by Crippen LogP contribution is -2.33. The molecule has 8 heteroatoms. The molecule has 0 spiro atoms. The van der Waals surface area contributed by atoms with Gasteiger partial charge in [-0.2, -0.15) is 0 Å². The molecular weight excluding hydrogens is 580 g/mol. The Labute approximate surface area is 256 Å². The molecule has 0 amide bonds. The van der Waals surface area contributed by atoms with Crippen LogP contribution in [0, 0.1) is 12.8 Å². The second kappa shape index (κ2) is 25.6. The van der Waals surface area contributed by atoms with Crippen molar-refractivity contribution in [1.82, 2.24) is 15.2 Å². The average molecular weight is 630 g/mol. The number of likely N-dealkylation sites (tertiary alicyclic amines) is 1. The molecule has 2 heterocycles. The van der Waals surface area contributed by atoms with Crippen molar-refractivity contribution in [2.75, 3.05) is 20.1 Å². The zero-order valence-electron chi connectivity index (χ0n) is 25.7. The number of carbonyl (C=O) groups excluding carboxylic acids is 2. The van der Waals surface area contributed by atoms with Crippen molar-refractivity contribution >= 4 is 35.2 Å². The van der Waals surface area contributed by atoms with Gasteiger partial charge in [0.2, 0.25) is 0 Å². The smallest absolute Gasteiger partial charge is 0.115 e. The second-order valence-electron chi connectivity index (χ2n) is 9.34. The third kappa shape index (κ3) is 19.4. The molecule has 1 aliphatic rings. The van der Waals surface area contributed by atoms with Crippen LogP contribution in [-0.4, -0.2) is 54.4 Å². The molecule has 2 aromatic rings. The fourth-order valence-corrected chi connectivity index (χ4v) is 3.67. The standard InChI is InChI=1S/C21H29BrN4.C7H8O.C3H8.2CH2O/c1-5-20(22)17(3)25-21(19-8-11-26(4)12-9-19)13-16(2)24-15-18-7-6-10-23-14-18;1-6-3-2-4-7(8)5-6;1-3-2;2*1-2/h5-7,10,13-14,19,24H,1,8-9,11-12,15H2,2-4H3;2-5,8H,1H3;3H2,1-2H3;2*1H2/b16-13+,20-17-,25-21+;;;;. The van der Waals surface area contributed by atoms with E-state index in [1.165, 1.54) is 12.0 Å². The number of aromatic nitrogens is 1. The van der Waals surface area contributed by atoms with Gasteiger partial charge in [0.15, 0.2) is 0 Å². The highest BCUT2D eigenvalue weighted by atomic mass is 79.9. The number of hydrogen-bond acceptors (Lipinski definition) is 7. The molecule has 41 heavy (non-hydrogen) atoms. The molecule has 3 rings (SSSR count). The van der Waals surface area contributed by atoms with Gasteiger partial charge in [0.25, 0.3) is 0 Å². The Hall–Kier alpha value is -3.36. The van der Waals surface area contributed by atoms with Crippen LogP contribution in [0.1, 0.15) is 58.1 Å². The summed E-state index contributed by atoms with van der Waals surface area (Å²) in [5.41, 5.74) is 5.48. The summed E-state index contributed by atoms with van der Waals surface area (Å²) in [7, 11) is 2.18. The molecule has 1 fully saturated rings. The van der Waals surface area contributed by atoms with Crippen LogP contribution in [0.4, 0.5) is 0 Å². The molecule has 0 unspecified atom stereocenters. The van der Waals surface area contributed by atoms with Gasteiger partial charge in [0.05, 0.1) is 5.70 Å². The zero-order valence-corrected chi connectivity index (χ0v) is 27.3. The quantitative estimate of drug-likeness (QED) is 0.245. The zero-order chi connectivity index (χ0) is 31.6. The van der Waals surface area contributed by atoms with E-state index in [0.29, 0.717) is 11.7 Å². The first-order valence-corrected chi connectivity index (χ1v) is 14.4. The van der Waals surface area contributed by atoms with Gasteiger partial charge in [-0.15, -0.1) is 0 Å². The first kappa shape index (κ1) is 39.8. The van der Waals surface area contributed by atoms with Crippen molar-refractivity contribution < 1.29 is 14.7 Å². The predicted octanol–water partition coefficient (Wildman–Crippen LogP) is 7.42. The number of pyridine rings is 1. The summed E-state index contributed by atoms with van der Waals surface area (Å²) < 4.78 is 0.942. The number of allylic oxidation sites excluding steroid dienone is 5. The topological polar surface area (TPSA) is 94.9 Å². The van der Waals surface area contributed by atoms with E-state index in [0.717, 1.165) is 59.6 Å². The Kier molecular flexibility index (Phi) is 24.8. The van der Waals surface area contributed by atoms with Crippen molar-refractivity contribution in [3.8, 4) is 5.75 Å². The van der Waals surface area contributed by atoms with Gasteiger partial charge >= 0.3 is 0 Å². The molecule has 226 valence electrons. The fraction of sp³-hybridized carbons (Fsp3) is 0.394. The van der Waals surface area contributed by atoms with Crippen LogP contribution in [0.2, 0.25) is 0 Å². The van der Waals surface area contributed by atoms with E-state index in [2.05, 4.69) is 77.7 Å². The van der Waals surface area contributed by atoms with Gasteiger partial charge in [0.1, 0.15) is 19.3 Å². The van der Waals surface area contributed by atoms with Crippen LogP contribution in [0.15, 0.2) is 88.4 Å². The molecule has 0 atom stereocenters. The van der Waals surface area contributed by atoms with E-state index in [1.807, 2.05) is 51.8 Å². The molecule has 0 bridgehead atoms. The maximum atomic E-state index is 8.81. The Morgan fingerprint density at radius 1 is 1.15 bits per heavy atom. The number of hydrogen-bond donors (Lipinski definition) is 2. The lowest BCUT2D eigenvalue weighted by molar-refractivity contribution is -0.0987. The van der Waals surface area contributed by atoms with E-state index >= 15 is 0 Å². The Bertz CT molecular complexity index is 1040. The number of phenolic OH excluding ortho intramolecular Hbond substituents is 1.